The van der Waals surface area contributed by atoms with E-state index in [4.69, 9.17) is 22.1 Å². The lowest BCUT2D eigenvalue weighted by Crippen LogP contribution is -2.37. The van der Waals surface area contributed by atoms with E-state index in [-0.39, 0.29) is 27.9 Å². The number of halogens is 1. The van der Waals surface area contributed by atoms with E-state index in [1.807, 2.05) is 0 Å². The Bertz CT molecular complexity index is 1070. The second-order valence-electron chi connectivity index (χ2n) is 7.18. The normalized spacial score (nSPS) is 15.8. The summed E-state index contributed by atoms with van der Waals surface area (Å²) in [7, 11) is -1.66. The molecule has 0 bridgehead atoms. The van der Waals surface area contributed by atoms with Crippen LogP contribution in [-0.4, -0.2) is 60.2 Å². The van der Waals surface area contributed by atoms with Crippen molar-refractivity contribution in [3.63, 3.8) is 0 Å². The number of anilines is 1. The first-order valence-electron chi connectivity index (χ1n) is 9.32. The predicted octanol–water partition coefficient (Wildman–Crippen LogP) is 1.83. The largest absolute Gasteiger partial charge is 0.454 e. The molecule has 1 aromatic heterocycles. The third kappa shape index (κ3) is 4.66. The van der Waals surface area contributed by atoms with E-state index in [1.54, 1.807) is 31.3 Å². The van der Waals surface area contributed by atoms with Crippen LogP contribution in [0.25, 0.3) is 0 Å². The molecular formula is C19H23ClN4O5S. The number of benzene rings is 1. The van der Waals surface area contributed by atoms with Gasteiger partial charge in [-0.3, -0.25) is 9.48 Å². The number of Topliss-reactive ketones (excluding diaryl/α,β-unsaturated/α-hetero) is 1. The van der Waals surface area contributed by atoms with E-state index in [0.717, 1.165) is 0 Å². The molecule has 162 valence electrons. The molecule has 0 spiro atoms. The molecule has 2 N–H and O–H groups in total. The monoisotopic (exact) mass is 454 g/mol. The molecule has 0 aliphatic carbocycles. The summed E-state index contributed by atoms with van der Waals surface area (Å²) >= 11 is 6.01. The van der Waals surface area contributed by atoms with Crippen molar-refractivity contribution < 1.29 is 22.7 Å². The topological polar surface area (TPSA) is 125 Å². The number of piperidine rings is 1. The van der Waals surface area contributed by atoms with E-state index < -0.39 is 28.4 Å². The highest BCUT2D eigenvalue weighted by Gasteiger charge is 2.32. The van der Waals surface area contributed by atoms with Crippen LogP contribution < -0.4 is 5.73 Å². The Hall–Kier alpha value is -2.43. The number of esters is 1. The van der Waals surface area contributed by atoms with Crippen LogP contribution in [-0.2, 0) is 21.8 Å². The van der Waals surface area contributed by atoms with Crippen LogP contribution in [0.1, 0.15) is 45.2 Å². The number of sulfonamides is 1. The maximum absolute atomic E-state index is 12.7. The standard InChI is InChI=1S/C19H23ClN4O5S/c1-23-18(21)16(17(22-23)12-7-9-24(10-8-12)30(2,27)28)19(26)29-11-15(25)13-5-3-4-6-14(13)20/h3-6,12H,7-11,21H2,1-2H3. The van der Waals surface area contributed by atoms with Gasteiger partial charge in [0, 0.05) is 31.6 Å². The minimum absolute atomic E-state index is 0.113. The molecule has 9 nitrogen and oxygen atoms in total. The number of ether oxygens (including phenoxy) is 1. The van der Waals surface area contributed by atoms with E-state index in [0.29, 0.717) is 31.6 Å². The summed E-state index contributed by atoms with van der Waals surface area (Å²) in [6.45, 7) is 0.182. The fraction of sp³-hybridized carbons (Fsp3) is 0.421. The number of aromatic nitrogens is 2. The molecule has 1 fully saturated rings. The van der Waals surface area contributed by atoms with Crippen molar-refractivity contribution >= 4 is 39.2 Å². The van der Waals surface area contributed by atoms with Crippen molar-refractivity contribution in [1.29, 1.82) is 0 Å². The smallest absolute Gasteiger partial charge is 0.344 e. The minimum Gasteiger partial charge on any atom is -0.454 e. The second kappa shape index (κ2) is 8.75. The maximum Gasteiger partial charge on any atom is 0.344 e. The first-order valence-corrected chi connectivity index (χ1v) is 11.5. The zero-order chi connectivity index (χ0) is 22.1. The fourth-order valence-corrected chi connectivity index (χ4v) is 4.60. The Balaban J connectivity index is 1.74. The lowest BCUT2D eigenvalue weighted by atomic mass is 9.92. The molecule has 0 amide bonds. The molecule has 3 rings (SSSR count). The molecule has 1 aromatic carbocycles. The molecule has 1 saturated heterocycles. The lowest BCUT2D eigenvalue weighted by molar-refractivity contribution is 0.0473. The Labute approximate surface area is 179 Å². The van der Waals surface area contributed by atoms with Crippen LogP contribution >= 0.6 is 11.6 Å². The van der Waals surface area contributed by atoms with Gasteiger partial charge in [0.05, 0.1) is 17.0 Å². The van der Waals surface area contributed by atoms with Crippen LogP contribution in [0.2, 0.25) is 5.02 Å². The van der Waals surface area contributed by atoms with Gasteiger partial charge in [-0.15, -0.1) is 0 Å². The lowest BCUT2D eigenvalue weighted by Gasteiger charge is -2.29. The number of hydrogen-bond acceptors (Lipinski definition) is 7. The van der Waals surface area contributed by atoms with Crippen LogP contribution in [0, 0.1) is 0 Å². The van der Waals surface area contributed by atoms with Gasteiger partial charge in [0.15, 0.2) is 6.61 Å². The average Bonchev–Trinajstić information content (AvgIpc) is 3.00. The first kappa shape index (κ1) is 22.3. The summed E-state index contributed by atoms with van der Waals surface area (Å²) in [5.41, 5.74) is 6.87. The summed E-state index contributed by atoms with van der Waals surface area (Å²) < 4.78 is 31.4. The number of ketones is 1. The molecule has 11 heteroatoms. The molecule has 2 heterocycles. The number of aryl methyl sites for hydroxylation is 1. The molecule has 30 heavy (non-hydrogen) atoms. The van der Waals surface area contributed by atoms with Gasteiger partial charge in [-0.05, 0) is 25.0 Å². The van der Waals surface area contributed by atoms with E-state index in [2.05, 4.69) is 5.10 Å². The molecule has 0 radical (unpaired) electrons. The van der Waals surface area contributed by atoms with Crippen molar-refractivity contribution in [3.8, 4) is 0 Å². The van der Waals surface area contributed by atoms with Gasteiger partial charge in [0.25, 0.3) is 0 Å². The molecule has 0 saturated carbocycles. The van der Waals surface area contributed by atoms with Crippen LogP contribution in [0.15, 0.2) is 24.3 Å². The van der Waals surface area contributed by atoms with Gasteiger partial charge in [0.2, 0.25) is 15.8 Å². The van der Waals surface area contributed by atoms with Crippen LogP contribution in [0.5, 0.6) is 0 Å². The highest BCUT2D eigenvalue weighted by molar-refractivity contribution is 7.88. The van der Waals surface area contributed by atoms with Gasteiger partial charge in [0.1, 0.15) is 11.4 Å². The third-order valence-electron chi connectivity index (χ3n) is 5.14. The van der Waals surface area contributed by atoms with Crippen LogP contribution in [0.4, 0.5) is 5.82 Å². The Morgan fingerprint density at radius 3 is 2.50 bits per heavy atom. The molecule has 0 atom stereocenters. The molecule has 1 aliphatic heterocycles. The molecular weight excluding hydrogens is 432 g/mol. The number of rotatable bonds is 6. The molecule has 1 aliphatic rings. The summed E-state index contributed by atoms with van der Waals surface area (Å²) in [5, 5.41) is 4.63. The minimum atomic E-state index is -3.27. The average molecular weight is 455 g/mol. The van der Waals surface area contributed by atoms with Gasteiger partial charge in [-0.1, -0.05) is 23.7 Å². The quantitative estimate of drug-likeness (QED) is 0.521. The SMILES string of the molecule is Cn1nc(C2CCN(S(C)(=O)=O)CC2)c(C(=O)OCC(=O)c2ccccc2Cl)c1N. The second-order valence-corrected chi connectivity index (χ2v) is 9.57. The number of hydrogen-bond donors (Lipinski definition) is 1. The molecule has 0 unspecified atom stereocenters. The number of carbonyl (C=O) groups excluding carboxylic acids is 2. The van der Waals surface area contributed by atoms with E-state index in [9.17, 15) is 18.0 Å². The summed E-state index contributed by atoms with van der Waals surface area (Å²) in [5.74, 6) is -1.19. The highest BCUT2D eigenvalue weighted by atomic mass is 35.5. The van der Waals surface area contributed by atoms with Crippen LogP contribution in [0.3, 0.4) is 0 Å². The number of nitrogens with two attached hydrogens (primary N) is 1. The number of nitrogen functional groups attached to an aromatic ring is 1. The zero-order valence-corrected chi connectivity index (χ0v) is 18.2. The summed E-state index contributed by atoms with van der Waals surface area (Å²) in [4.78, 5) is 25.1. The Kier molecular flexibility index (Phi) is 6.49. The van der Waals surface area contributed by atoms with Gasteiger partial charge >= 0.3 is 5.97 Å². The van der Waals surface area contributed by atoms with Crippen molar-refractivity contribution in [3.05, 3.63) is 46.1 Å². The Morgan fingerprint density at radius 1 is 1.27 bits per heavy atom. The summed E-state index contributed by atoms with van der Waals surface area (Å²) in [6, 6.07) is 6.50. The van der Waals surface area contributed by atoms with E-state index in [1.165, 1.54) is 15.2 Å². The highest BCUT2D eigenvalue weighted by Crippen LogP contribution is 2.33. The third-order valence-corrected chi connectivity index (χ3v) is 6.77. The number of nitrogens with zero attached hydrogens (tertiary/aromatic N) is 3. The van der Waals surface area contributed by atoms with Gasteiger partial charge < -0.3 is 10.5 Å². The Morgan fingerprint density at radius 2 is 1.90 bits per heavy atom. The first-order chi connectivity index (χ1) is 14.1. The van der Waals surface area contributed by atoms with Crippen molar-refractivity contribution in [2.24, 2.45) is 7.05 Å². The zero-order valence-electron chi connectivity index (χ0n) is 16.7. The fourth-order valence-electron chi connectivity index (χ4n) is 3.48. The van der Waals surface area contributed by atoms with Gasteiger partial charge in [-0.25, -0.2) is 17.5 Å². The maximum atomic E-state index is 12.7. The van der Waals surface area contributed by atoms with E-state index >= 15 is 0 Å². The summed E-state index contributed by atoms with van der Waals surface area (Å²) in [6.07, 6.45) is 2.18. The van der Waals surface area contributed by atoms with Crippen molar-refractivity contribution in [2.75, 3.05) is 31.7 Å². The van der Waals surface area contributed by atoms with Crippen molar-refractivity contribution in [2.45, 2.75) is 18.8 Å². The van der Waals surface area contributed by atoms with Gasteiger partial charge in [-0.2, -0.15) is 5.10 Å². The predicted molar refractivity (Wildman–Crippen MR) is 112 cm³/mol. The number of carbonyl (C=O) groups is 2. The molecule has 2 aromatic rings. The van der Waals surface area contributed by atoms with Crippen molar-refractivity contribution in [1.82, 2.24) is 14.1 Å².